The predicted octanol–water partition coefficient (Wildman–Crippen LogP) is 4.72. The molecule has 0 aliphatic heterocycles. The molecule has 1 aromatic carbocycles. The normalized spacial score (nSPS) is 12.1. The first-order valence-corrected chi connectivity index (χ1v) is 11.1. The van der Waals surface area contributed by atoms with E-state index < -0.39 is 10.1 Å². The number of hydrogen-bond acceptors (Lipinski definition) is 4. The van der Waals surface area contributed by atoms with Crippen molar-refractivity contribution in [3.8, 4) is 11.1 Å². The third-order valence-corrected chi connectivity index (χ3v) is 7.22. The van der Waals surface area contributed by atoms with Crippen LogP contribution in [0.5, 0.6) is 0 Å². The fourth-order valence-electron chi connectivity index (χ4n) is 3.16. The molecular weight excluding hydrogens is 380 g/mol. The lowest BCUT2D eigenvalue weighted by Gasteiger charge is -2.09. The van der Waals surface area contributed by atoms with Gasteiger partial charge in [-0.15, -0.1) is 11.3 Å². The van der Waals surface area contributed by atoms with E-state index in [1.165, 1.54) is 11.3 Å². The Morgan fingerprint density at radius 2 is 1.85 bits per heavy atom. The molecule has 2 aromatic heterocycles. The Morgan fingerprint density at radius 1 is 1.19 bits per heavy atom. The summed E-state index contributed by atoms with van der Waals surface area (Å²) < 4.78 is 35.7. The van der Waals surface area contributed by atoms with Gasteiger partial charge in [0.15, 0.2) is 4.21 Å². The van der Waals surface area contributed by atoms with Crippen LogP contribution in [0, 0.1) is 19.8 Å². The SMILES string of the molecule is Cc1c(CC(C)C)sc(S(=O)(=O)O)c1-c1ccc(Cn2ccnc2C)cc1. The quantitative estimate of drug-likeness (QED) is 0.603. The van der Waals surface area contributed by atoms with Gasteiger partial charge in [-0.2, -0.15) is 8.42 Å². The van der Waals surface area contributed by atoms with E-state index in [1.54, 1.807) is 6.20 Å². The molecule has 144 valence electrons. The molecule has 0 spiro atoms. The van der Waals surface area contributed by atoms with Crippen molar-refractivity contribution in [3.05, 3.63) is 58.5 Å². The van der Waals surface area contributed by atoms with Crippen LogP contribution in [0.3, 0.4) is 0 Å². The van der Waals surface area contributed by atoms with Gasteiger partial charge in [0.2, 0.25) is 0 Å². The molecule has 3 aromatic rings. The second-order valence-corrected chi connectivity index (χ2v) is 9.91. The van der Waals surface area contributed by atoms with E-state index in [4.69, 9.17) is 0 Å². The van der Waals surface area contributed by atoms with E-state index in [1.807, 2.05) is 44.3 Å². The van der Waals surface area contributed by atoms with Crippen LogP contribution >= 0.6 is 11.3 Å². The first kappa shape index (κ1) is 19.8. The fourth-order valence-corrected chi connectivity index (χ4v) is 5.68. The maximum Gasteiger partial charge on any atom is 0.304 e. The Kier molecular flexibility index (Phi) is 5.55. The highest BCUT2D eigenvalue weighted by Crippen LogP contribution is 2.40. The maximum atomic E-state index is 12.0. The number of nitrogens with zero attached hydrogens (tertiary/aromatic N) is 2. The largest absolute Gasteiger partial charge is 0.331 e. The molecule has 0 atom stereocenters. The minimum absolute atomic E-state index is 0.0360. The third kappa shape index (κ3) is 4.31. The number of hydrogen-bond donors (Lipinski definition) is 1. The van der Waals surface area contributed by atoms with Gasteiger partial charge in [-0.25, -0.2) is 4.98 Å². The van der Waals surface area contributed by atoms with Crippen molar-refractivity contribution in [2.24, 2.45) is 5.92 Å². The predicted molar refractivity (Wildman–Crippen MR) is 109 cm³/mol. The van der Waals surface area contributed by atoms with Crippen LogP contribution in [0.1, 0.15) is 35.7 Å². The molecule has 0 bridgehead atoms. The van der Waals surface area contributed by atoms with Crippen LogP contribution in [0.4, 0.5) is 0 Å². The van der Waals surface area contributed by atoms with Crippen LogP contribution < -0.4 is 0 Å². The molecule has 2 heterocycles. The molecule has 0 saturated carbocycles. The lowest BCUT2D eigenvalue weighted by Crippen LogP contribution is -2.01. The number of rotatable bonds is 6. The summed E-state index contributed by atoms with van der Waals surface area (Å²) in [6.07, 6.45) is 4.49. The highest BCUT2D eigenvalue weighted by Gasteiger charge is 2.25. The Morgan fingerprint density at radius 3 is 2.37 bits per heavy atom. The minimum Gasteiger partial charge on any atom is -0.331 e. The summed E-state index contributed by atoms with van der Waals surface area (Å²) in [5.41, 5.74) is 3.45. The molecule has 0 amide bonds. The highest BCUT2D eigenvalue weighted by molar-refractivity contribution is 7.88. The Balaban J connectivity index is 2.00. The average Bonchev–Trinajstić information content (AvgIpc) is 3.12. The van der Waals surface area contributed by atoms with E-state index >= 15 is 0 Å². The van der Waals surface area contributed by atoms with Gasteiger partial charge in [-0.3, -0.25) is 4.55 Å². The summed E-state index contributed by atoms with van der Waals surface area (Å²) in [6.45, 7) is 8.79. The summed E-state index contributed by atoms with van der Waals surface area (Å²) in [7, 11) is -4.27. The van der Waals surface area contributed by atoms with Crippen molar-refractivity contribution in [2.45, 2.75) is 44.9 Å². The second kappa shape index (κ2) is 7.58. The van der Waals surface area contributed by atoms with Crippen molar-refractivity contribution in [1.82, 2.24) is 9.55 Å². The van der Waals surface area contributed by atoms with Crippen molar-refractivity contribution >= 4 is 21.5 Å². The molecule has 0 aliphatic carbocycles. The monoisotopic (exact) mass is 404 g/mol. The van der Waals surface area contributed by atoms with Gasteiger partial charge < -0.3 is 4.57 Å². The molecular formula is C20H24N2O3S2. The maximum absolute atomic E-state index is 12.0. The van der Waals surface area contributed by atoms with Crippen LogP contribution in [0.25, 0.3) is 11.1 Å². The molecule has 0 fully saturated rings. The number of aryl methyl sites for hydroxylation is 1. The lowest BCUT2D eigenvalue weighted by atomic mass is 9.99. The van der Waals surface area contributed by atoms with Crippen LogP contribution in [-0.4, -0.2) is 22.5 Å². The van der Waals surface area contributed by atoms with Crippen LogP contribution in [0.2, 0.25) is 0 Å². The van der Waals surface area contributed by atoms with Gasteiger partial charge in [0.1, 0.15) is 5.82 Å². The molecule has 0 radical (unpaired) electrons. The average molecular weight is 405 g/mol. The summed E-state index contributed by atoms with van der Waals surface area (Å²) in [6, 6.07) is 7.82. The second-order valence-electron chi connectivity index (χ2n) is 7.19. The minimum atomic E-state index is -4.27. The molecule has 5 nitrogen and oxygen atoms in total. The summed E-state index contributed by atoms with van der Waals surface area (Å²) >= 11 is 1.18. The first-order chi connectivity index (χ1) is 12.7. The highest BCUT2D eigenvalue weighted by atomic mass is 32.3. The van der Waals surface area contributed by atoms with Crippen molar-refractivity contribution < 1.29 is 13.0 Å². The van der Waals surface area contributed by atoms with E-state index in [0.717, 1.165) is 33.8 Å². The Hall–Kier alpha value is -1.96. The molecule has 0 aliphatic rings. The molecule has 27 heavy (non-hydrogen) atoms. The van der Waals surface area contributed by atoms with E-state index in [2.05, 4.69) is 23.4 Å². The van der Waals surface area contributed by atoms with Gasteiger partial charge in [0.25, 0.3) is 0 Å². The van der Waals surface area contributed by atoms with Crippen molar-refractivity contribution in [2.75, 3.05) is 0 Å². The zero-order valence-corrected chi connectivity index (χ0v) is 17.6. The molecule has 0 saturated heterocycles. The summed E-state index contributed by atoms with van der Waals surface area (Å²) in [5, 5.41) is 0. The lowest BCUT2D eigenvalue weighted by molar-refractivity contribution is 0.486. The Bertz CT molecular complexity index is 1050. The van der Waals surface area contributed by atoms with Gasteiger partial charge >= 0.3 is 10.1 Å². The van der Waals surface area contributed by atoms with E-state index in [0.29, 0.717) is 18.0 Å². The smallest absolute Gasteiger partial charge is 0.304 e. The third-order valence-electron chi connectivity index (χ3n) is 4.56. The van der Waals surface area contributed by atoms with Gasteiger partial charge in [-0.05, 0) is 42.9 Å². The number of benzene rings is 1. The van der Waals surface area contributed by atoms with Crippen molar-refractivity contribution in [1.29, 1.82) is 0 Å². The number of thiophene rings is 1. The van der Waals surface area contributed by atoms with Crippen molar-refractivity contribution in [3.63, 3.8) is 0 Å². The number of aromatic nitrogens is 2. The zero-order valence-electron chi connectivity index (χ0n) is 15.9. The van der Waals surface area contributed by atoms with Gasteiger partial charge in [0.05, 0.1) is 0 Å². The summed E-state index contributed by atoms with van der Waals surface area (Å²) in [4.78, 5) is 5.23. The standard InChI is InChI=1S/C20H24N2O3S2/c1-13(2)11-18-14(3)19(20(26-18)27(23,24)25)17-7-5-16(6-8-17)12-22-10-9-21-15(22)4/h5-10,13H,11-12H2,1-4H3,(H,23,24,25). The van der Waals surface area contributed by atoms with Gasteiger partial charge in [-0.1, -0.05) is 38.1 Å². The van der Waals surface area contributed by atoms with E-state index in [-0.39, 0.29) is 4.21 Å². The van der Waals surface area contributed by atoms with Crippen LogP contribution in [-0.2, 0) is 23.1 Å². The van der Waals surface area contributed by atoms with E-state index in [9.17, 15) is 13.0 Å². The molecule has 7 heteroatoms. The topological polar surface area (TPSA) is 72.2 Å². The molecule has 3 rings (SSSR count). The zero-order chi connectivity index (χ0) is 19.8. The fraction of sp³-hybridized carbons (Fsp3) is 0.350. The summed E-state index contributed by atoms with van der Waals surface area (Å²) in [5.74, 6) is 1.35. The first-order valence-electron chi connectivity index (χ1n) is 8.83. The molecule has 0 unspecified atom stereocenters. The number of imidazole rings is 1. The Labute approximate surface area is 164 Å². The van der Waals surface area contributed by atoms with Gasteiger partial charge in [0, 0.05) is 29.4 Å². The molecule has 1 N–H and O–H groups in total. The van der Waals surface area contributed by atoms with Crippen LogP contribution in [0.15, 0.2) is 40.9 Å².